The molecular formula is C16H23ClN2O2. The highest BCUT2D eigenvalue weighted by Gasteiger charge is 2.22. The Kier molecular flexibility index (Phi) is 5.88. The Hall–Kier alpha value is -1.26. The van der Waals surface area contributed by atoms with E-state index in [-0.39, 0.29) is 5.91 Å². The Balaban J connectivity index is 1.93. The second kappa shape index (κ2) is 7.66. The zero-order chi connectivity index (χ0) is 15.2. The molecule has 1 amide bonds. The number of carbonyl (C=O) groups excluding carboxylic acids is 1. The van der Waals surface area contributed by atoms with Crippen molar-refractivity contribution in [3.8, 4) is 5.75 Å². The van der Waals surface area contributed by atoms with Crippen LogP contribution in [0.25, 0.3) is 0 Å². The largest absolute Gasteiger partial charge is 0.495 e. The van der Waals surface area contributed by atoms with Crippen molar-refractivity contribution in [1.29, 1.82) is 0 Å². The highest BCUT2D eigenvalue weighted by Crippen LogP contribution is 2.29. The van der Waals surface area contributed by atoms with Crippen molar-refractivity contribution in [3.63, 3.8) is 0 Å². The van der Waals surface area contributed by atoms with E-state index in [1.54, 1.807) is 25.3 Å². The van der Waals surface area contributed by atoms with Crippen LogP contribution >= 0.6 is 11.6 Å². The number of hydrogen-bond donors (Lipinski definition) is 2. The Morgan fingerprint density at radius 1 is 1.48 bits per heavy atom. The van der Waals surface area contributed by atoms with Crippen LogP contribution < -0.4 is 15.4 Å². The summed E-state index contributed by atoms with van der Waals surface area (Å²) < 4.78 is 5.24. The first-order valence-corrected chi connectivity index (χ1v) is 7.82. The fourth-order valence-electron chi connectivity index (χ4n) is 2.85. The van der Waals surface area contributed by atoms with Crippen molar-refractivity contribution >= 4 is 23.2 Å². The number of halogens is 1. The van der Waals surface area contributed by atoms with Crippen LogP contribution in [0.1, 0.15) is 26.2 Å². The van der Waals surface area contributed by atoms with Crippen molar-refractivity contribution in [3.05, 3.63) is 23.2 Å². The third-order valence-electron chi connectivity index (χ3n) is 4.13. The first kappa shape index (κ1) is 16.1. The third kappa shape index (κ3) is 4.61. The Labute approximate surface area is 131 Å². The number of methoxy groups -OCH3 is 1. The number of carbonyl (C=O) groups is 1. The van der Waals surface area contributed by atoms with Gasteiger partial charge in [-0.05, 0) is 56.0 Å². The molecule has 1 unspecified atom stereocenters. The normalized spacial score (nSPS) is 17.3. The summed E-state index contributed by atoms with van der Waals surface area (Å²) in [6, 6.07) is 5.22. The van der Waals surface area contributed by atoms with Crippen molar-refractivity contribution in [2.75, 3.05) is 25.5 Å². The van der Waals surface area contributed by atoms with Gasteiger partial charge in [0.1, 0.15) is 5.75 Å². The molecule has 4 nitrogen and oxygen atoms in total. The molecule has 0 aliphatic carbocycles. The van der Waals surface area contributed by atoms with Crippen LogP contribution in [-0.2, 0) is 4.79 Å². The molecule has 5 heteroatoms. The fourth-order valence-corrected chi connectivity index (χ4v) is 3.02. The van der Waals surface area contributed by atoms with Gasteiger partial charge in [-0.15, -0.1) is 0 Å². The first-order chi connectivity index (χ1) is 10.1. The van der Waals surface area contributed by atoms with Crippen LogP contribution in [0.4, 0.5) is 5.69 Å². The Morgan fingerprint density at radius 2 is 2.19 bits per heavy atom. The number of benzene rings is 1. The SMILES string of the molecule is COc1ccc(Cl)cc1NC(=O)CC(C)C1CCNCC1. The van der Waals surface area contributed by atoms with Crippen LogP contribution in [0, 0.1) is 11.8 Å². The summed E-state index contributed by atoms with van der Waals surface area (Å²) >= 11 is 5.97. The molecule has 2 rings (SSSR count). The molecular weight excluding hydrogens is 288 g/mol. The van der Waals surface area contributed by atoms with Gasteiger partial charge in [-0.1, -0.05) is 18.5 Å². The minimum absolute atomic E-state index is 0.0154. The van der Waals surface area contributed by atoms with E-state index in [9.17, 15) is 4.79 Å². The maximum Gasteiger partial charge on any atom is 0.224 e. The summed E-state index contributed by atoms with van der Waals surface area (Å²) in [5, 5.41) is 6.84. The minimum atomic E-state index is 0.0154. The molecule has 1 aromatic carbocycles. The number of anilines is 1. The first-order valence-electron chi connectivity index (χ1n) is 7.44. The molecule has 116 valence electrons. The van der Waals surface area contributed by atoms with Gasteiger partial charge in [-0.2, -0.15) is 0 Å². The average Bonchev–Trinajstić information content (AvgIpc) is 2.48. The maximum atomic E-state index is 12.2. The number of ether oxygens (including phenoxy) is 1. The average molecular weight is 311 g/mol. The van der Waals surface area contributed by atoms with Crippen LogP contribution in [0.5, 0.6) is 5.75 Å². The molecule has 0 aromatic heterocycles. The number of amides is 1. The minimum Gasteiger partial charge on any atom is -0.495 e. The zero-order valence-electron chi connectivity index (χ0n) is 12.6. The number of rotatable bonds is 5. The van der Waals surface area contributed by atoms with E-state index in [0.29, 0.717) is 34.7 Å². The zero-order valence-corrected chi connectivity index (χ0v) is 13.4. The van der Waals surface area contributed by atoms with E-state index in [2.05, 4.69) is 17.6 Å². The highest BCUT2D eigenvalue weighted by atomic mass is 35.5. The van der Waals surface area contributed by atoms with E-state index in [1.807, 2.05) is 0 Å². The van der Waals surface area contributed by atoms with E-state index in [4.69, 9.17) is 16.3 Å². The lowest BCUT2D eigenvalue weighted by atomic mass is 9.84. The van der Waals surface area contributed by atoms with Crippen LogP contribution in [0.2, 0.25) is 5.02 Å². The summed E-state index contributed by atoms with van der Waals surface area (Å²) in [5.41, 5.74) is 0.632. The number of hydrogen-bond acceptors (Lipinski definition) is 3. The van der Waals surface area contributed by atoms with Gasteiger partial charge in [0.15, 0.2) is 0 Å². The van der Waals surface area contributed by atoms with E-state index < -0.39 is 0 Å². The summed E-state index contributed by atoms with van der Waals surface area (Å²) in [6.45, 7) is 4.27. The third-order valence-corrected chi connectivity index (χ3v) is 4.37. The maximum absolute atomic E-state index is 12.2. The van der Waals surface area contributed by atoms with Gasteiger partial charge >= 0.3 is 0 Å². The van der Waals surface area contributed by atoms with Crippen molar-refractivity contribution in [2.24, 2.45) is 11.8 Å². The monoisotopic (exact) mass is 310 g/mol. The van der Waals surface area contributed by atoms with Crippen molar-refractivity contribution < 1.29 is 9.53 Å². The lowest BCUT2D eigenvalue weighted by Gasteiger charge is -2.27. The lowest BCUT2D eigenvalue weighted by molar-refractivity contribution is -0.117. The molecule has 1 atom stereocenters. The predicted molar refractivity (Wildman–Crippen MR) is 86.0 cm³/mol. The van der Waals surface area contributed by atoms with Gasteiger partial charge < -0.3 is 15.4 Å². The topological polar surface area (TPSA) is 50.4 Å². The molecule has 0 spiro atoms. The van der Waals surface area contributed by atoms with E-state index >= 15 is 0 Å². The second-order valence-electron chi connectivity index (χ2n) is 5.66. The molecule has 1 fully saturated rings. The molecule has 0 radical (unpaired) electrons. The van der Waals surface area contributed by atoms with Gasteiger partial charge in [0.05, 0.1) is 12.8 Å². The number of nitrogens with one attached hydrogen (secondary N) is 2. The molecule has 1 aromatic rings. The van der Waals surface area contributed by atoms with E-state index in [1.165, 1.54) is 0 Å². The molecule has 21 heavy (non-hydrogen) atoms. The Bertz CT molecular complexity index is 487. The smallest absolute Gasteiger partial charge is 0.224 e. The second-order valence-corrected chi connectivity index (χ2v) is 6.10. The highest BCUT2D eigenvalue weighted by molar-refractivity contribution is 6.31. The molecule has 0 saturated carbocycles. The molecule has 2 N–H and O–H groups in total. The van der Waals surface area contributed by atoms with Crippen molar-refractivity contribution in [2.45, 2.75) is 26.2 Å². The summed E-state index contributed by atoms with van der Waals surface area (Å²) in [4.78, 5) is 12.2. The molecule has 1 saturated heterocycles. The number of piperidine rings is 1. The van der Waals surface area contributed by atoms with Crippen LogP contribution in [0.3, 0.4) is 0 Å². The van der Waals surface area contributed by atoms with Crippen molar-refractivity contribution in [1.82, 2.24) is 5.32 Å². The van der Waals surface area contributed by atoms with Crippen LogP contribution in [0.15, 0.2) is 18.2 Å². The van der Waals surface area contributed by atoms with Gasteiger partial charge in [0.25, 0.3) is 0 Å². The Morgan fingerprint density at radius 3 is 2.86 bits per heavy atom. The van der Waals surface area contributed by atoms with Gasteiger partial charge in [0.2, 0.25) is 5.91 Å². The predicted octanol–water partition coefficient (Wildman–Crippen LogP) is 3.31. The fraction of sp³-hybridized carbons (Fsp3) is 0.562. The van der Waals surface area contributed by atoms with Gasteiger partial charge in [-0.3, -0.25) is 4.79 Å². The molecule has 1 heterocycles. The summed E-state index contributed by atoms with van der Waals surface area (Å²) in [6.07, 6.45) is 2.82. The van der Waals surface area contributed by atoms with Gasteiger partial charge in [0, 0.05) is 11.4 Å². The van der Waals surface area contributed by atoms with Gasteiger partial charge in [-0.25, -0.2) is 0 Å². The summed E-state index contributed by atoms with van der Waals surface area (Å²) in [5.74, 6) is 1.65. The van der Waals surface area contributed by atoms with Crippen LogP contribution in [-0.4, -0.2) is 26.1 Å². The van der Waals surface area contributed by atoms with E-state index in [0.717, 1.165) is 25.9 Å². The standard InChI is InChI=1S/C16H23ClN2O2/c1-11(12-5-7-18-8-6-12)9-16(20)19-14-10-13(17)3-4-15(14)21-2/h3-4,10-12,18H,5-9H2,1-2H3,(H,19,20). The molecule has 0 bridgehead atoms. The summed E-state index contributed by atoms with van der Waals surface area (Å²) in [7, 11) is 1.58. The quantitative estimate of drug-likeness (QED) is 0.877. The molecule has 1 aliphatic rings. The molecule has 1 aliphatic heterocycles. The lowest BCUT2D eigenvalue weighted by Crippen LogP contribution is -2.32.